The predicted octanol–water partition coefficient (Wildman–Crippen LogP) is 2.41. The van der Waals surface area contributed by atoms with E-state index in [1.54, 1.807) is 0 Å². The van der Waals surface area contributed by atoms with Crippen molar-refractivity contribution < 1.29 is 19.1 Å². The van der Waals surface area contributed by atoms with E-state index in [-0.39, 0.29) is 19.3 Å². The summed E-state index contributed by atoms with van der Waals surface area (Å²) in [5.74, 6) is -0.500. The normalized spacial score (nSPS) is 9.94. The summed E-state index contributed by atoms with van der Waals surface area (Å²) in [6.45, 7) is 7.73. The molecule has 0 aromatic heterocycles. The lowest BCUT2D eigenvalue weighted by molar-refractivity contribution is -0.137. The van der Waals surface area contributed by atoms with Crippen LogP contribution in [0.1, 0.15) is 39.5 Å². The largest absolute Gasteiger partial charge is 0.461 e. The van der Waals surface area contributed by atoms with Crippen molar-refractivity contribution in [2.45, 2.75) is 45.6 Å². The summed E-state index contributed by atoms with van der Waals surface area (Å²) in [5.41, 5.74) is 0. The highest BCUT2D eigenvalue weighted by molar-refractivity contribution is 5.81. The summed E-state index contributed by atoms with van der Waals surface area (Å²) in [6.07, 6.45) is 4.28. The summed E-state index contributed by atoms with van der Waals surface area (Å²) in [6, 6.07) is 0. The van der Waals surface area contributed by atoms with Crippen LogP contribution in [-0.2, 0) is 14.3 Å². The number of esters is 1. The highest BCUT2D eigenvalue weighted by atomic mass is 16.6. The van der Waals surface area contributed by atoms with E-state index >= 15 is 0 Å². The molecule has 5 heteroatoms. The van der Waals surface area contributed by atoms with Crippen molar-refractivity contribution in [3.8, 4) is 0 Å². The molecule has 0 bridgehead atoms. The van der Waals surface area contributed by atoms with Crippen molar-refractivity contribution >= 4 is 12.1 Å². The third kappa shape index (κ3) is 8.61. The first-order valence-corrected chi connectivity index (χ1v) is 6.37. The SMILES string of the molecule is C=CC(=O)OCCNC(=O)OC(CCC)CCC. The number of amides is 1. The Morgan fingerprint density at radius 1 is 1.28 bits per heavy atom. The monoisotopic (exact) mass is 257 g/mol. The standard InChI is InChI=1S/C13H23NO4/c1-4-7-11(8-5-2)18-13(16)14-9-10-17-12(15)6-3/h6,11H,3-5,7-10H2,1-2H3,(H,14,16). The van der Waals surface area contributed by atoms with Crippen LogP contribution in [-0.4, -0.2) is 31.3 Å². The Hall–Kier alpha value is -1.52. The van der Waals surface area contributed by atoms with Crippen LogP contribution in [0.3, 0.4) is 0 Å². The van der Waals surface area contributed by atoms with Gasteiger partial charge in [-0.1, -0.05) is 33.3 Å². The molecule has 0 rings (SSSR count). The van der Waals surface area contributed by atoms with Gasteiger partial charge in [0.05, 0.1) is 6.54 Å². The average Bonchev–Trinajstić information content (AvgIpc) is 2.35. The quantitative estimate of drug-likeness (QED) is 0.391. The molecule has 0 saturated heterocycles. The summed E-state index contributed by atoms with van der Waals surface area (Å²) < 4.78 is 9.97. The van der Waals surface area contributed by atoms with Gasteiger partial charge in [0.2, 0.25) is 0 Å². The Morgan fingerprint density at radius 3 is 2.39 bits per heavy atom. The lowest BCUT2D eigenvalue weighted by atomic mass is 10.1. The first-order chi connectivity index (χ1) is 8.63. The number of hydrogen-bond donors (Lipinski definition) is 1. The fourth-order valence-corrected chi connectivity index (χ4v) is 1.46. The van der Waals surface area contributed by atoms with E-state index in [2.05, 4.69) is 25.7 Å². The fourth-order valence-electron chi connectivity index (χ4n) is 1.46. The number of carbonyl (C=O) groups is 2. The number of ether oxygens (including phenoxy) is 2. The van der Waals surface area contributed by atoms with Gasteiger partial charge < -0.3 is 14.8 Å². The second-order valence-corrected chi connectivity index (χ2v) is 3.90. The van der Waals surface area contributed by atoms with Gasteiger partial charge in [0.1, 0.15) is 12.7 Å². The van der Waals surface area contributed by atoms with E-state index in [1.165, 1.54) is 0 Å². The number of rotatable bonds is 9. The van der Waals surface area contributed by atoms with Gasteiger partial charge in [-0.25, -0.2) is 9.59 Å². The fraction of sp³-hybridized carbons (Fsp3) is 0.692. The molecule has 0 atom stereocenters. The van der Waals surface area contributed by atoms with Crippen LogP contribution in [0.25, 0.3) is 0 Å². The topological polar surface area (TPSA) is 64.6 Å². The molecule has 0 aliphatic rings. The lowest BCUT2D eigenvalue weighted by Gasteiger charge is -2.16. The predicted molar refractivity (Wildman–Crippen MR) is 69.2 cm³/mol. The Labute approximate surface area is 109 Å². The van der Waals surface area contributed by atoms with E-state index in [4.69, 9.17) is 9.47 Å². The van der Waals surface area contributed by atoms with Crippen LogP contribution in [0.4, 0.5) is 4.79 Å². The molecule has 0 aliphatic carbocycles. The van der Waals surface area contributed by atoms with Gasteiger partial charge in [0.15, 0.2) is 0 Å². The highest BCUT2D eigenvalue weighted by Gasteiger charge is 2.12. The van der Waals surface area contributed by atoms with E-state index < -0.39 is 12.1 Å². The Kier molecular flexibility index (Phi) is 9.73. The van der Waals surface area contributed by atoms with Crippen molar-refractivity contribution in [1.82, 2.24) is 5.32 Å². The molecule has 0 radical (unpaired) electrons. The number of alkyl carbamates (subject to hydrolysis) is 1. The van der Waals surface area contributed by atoms with Gasteiger partial charge in [-0.2, -0.15) is 0 Å². The van der Waals surface area contributed by atoms with Gasteiger partial charge >= 0.3 is 12.1 Å². The molecule has 0 aliphatic heterocycles. The van der Waals surface area contributed by atoms with Gasteiger partial charge in [0, 0.05) is 6.08 Å². The van der Waals surface area contributed by atoms with Gasteiger partial charge in [-0.05, 0) is 12.8 Å². The zero-order valence-corrected chi connectivity index (χ0v) is 11.2. The minimum atomic E-state index is -0.500. The maximum Gasteiger partial charge on any atom is 0.407 e. The molecule has 0 spiro atoms. The van der Waals surface area contributed by atoms with Crippen molar-refractivity contribution in [2.24, 2.45) is 0 Å². The van der Waals surface area contributed by atoms with E-state index in [9.17, 15) is 9.59 Å². The van der Waals surface area contributed by atoms with Crippen LogP contribution in [0.2, 0.25) is 0 Å². The molecule has 104 valence electrons. The number of nitrogens with one attached hydrogen (secondary N) is 1. The van der Waals surface area contributed by atoms with Crippen molar-refractivity contribution in [1.29, 1.82) is 0 Å². The van der Waals surface area contributed by atoms with E-state index in [0.29, 0.717) is 0 Å². The Bertz CT molecular complexity index is 260. The minimum Gasteiger partial charge on any atom is -0.461 e. The molecule has 0 heterocycles. The van der Waals surface area contributed by atoms with Crippen LogP contribution in [0, 0.1) is 0 Å². The zero-order valence-electron chi connectivity index (χ0n) is 11.2. The van der Waals surface area contributed by atoms with Crippen molar-refractivity contribution in [3.05, 3.63) is 12.7 Å². The molecule has 0 fully saturated rings. The Balaban J connectivity index is 3.73. The lowest BCUT2D eigenvalue weighted by Crippen LogP contribution is -2.31. The van der Waals surface area contributed by atoms with Crippen molar-refractivity contribution in [3.63, 3.8) is 0 Å². The Morgan fingerprint density at radius 2 is 1.89 bits per heavy atom. The first kappa shape index (κ1) is 16.5. The second-order valence-electron chi connectivity index (χ2n) is 3.90. The van der Waals surface area contributed by atoms with E-state index in [1.807, 2.05) is 0 Å². The van der Waals surface area contributed by atoms with E-state index in [0.717, 1.165) is 31.8 Å². The molecule has 1 N–H and O–H groups in total. The smallest absolute Gasteiger partial charge is 0.407 e. The van der Waals surface area contributed by atoms with Crippen LogP contribution < -0.4 is 5.32 Å². The average molecular weight is 257 g/mol. The molecule has 1 amide bonds. The number of hydrogen-bond acceptors (Lipinski definition) is 4. The molecular weight excluding hydrogens is 234 g/mol. The van der Waals surface area contributed by atoms with Crippen molar-refractivity contribution in [2.75, 3.05) is 13.2 Å². The third-order valence-corrected chi connectivity index (χ3v) is 2.28. The molecule has 0 saturated carbocycles. The number of carbonyl (C=O) groups excluding carboxylic acids is 2. The van der Waals surface area contributed by atoms with Crippen LogP contribution in [0.15, 0.2) is 12.7 Å². The second kappa shape index (κ2) is 10.6. The summed E-state index contributed by atoms with van der Waals surface area (Å²) >= 11 is 0. The van der Waals surface area contributed by atoms with Gasteiger partial charge in [-0.15, -0.1) is 0 Å². The maximum atomic E-state index is 11.4. The van der Waals surface area contributed by atoms with Gasteiger partial charge in [0.25, 0.3) is 0 Å². The summed E-state index contributed by atoms with van der Waals surface area (Å²) in [4.78, 5) is 22.1. The molecule has 0 aromatic rings. The highest BCUT2D eigenvalue weighted by Crippen LogP contribution is 2.09. The third-order valence-electron chi connectivity index (χ3n) is 2.28. The molecule has 0 aromatic carbocycles. The zero-order chi connectivity index (χ0) is 13.8. The van der Waals surface area contributed by atoms with Gasteiger partial charge in [-0.3, -0.25) is 0 Å². The summed E-state index contributed by atoms with van der Waals surface area (Å²) in [7, 11) is 0. The van der Waals surface area contributed by atoms with Crippen LogP contribution in [0.5, 0.6) is 0 Å². The molecular formula is C13H23NO4. The summed E-state index contributed by atoms with van der Waals surface area (Å²) in [5, 5.41) is 2.54. The molecule has 5 nitrogen and oxygen atoms in total. The minimum absolute atomic E-state index is 0.0317. The molecule has 0 unspecified atom stereocenters. The van der Waals surface area contributed by atoms with Crippen LogP contribution >= 0.6 is 0 Å². The first-order valence-electron chi connectivity index (χ1n) is 6.37. The molecule has 18 heavy (non-hydrogen) atoms. The maximum absolute atomic E-state index is 11.4.